The molecule has 0 aromatic heterocycles. The van der Waals surface area contributed by atoms with Crippen molar-refractivity contribution in [1.82, 2.24) is 0 Å². The molecule has 1 aliphatic heterocycles. The molecule has 2 atom stereocenters. The van der Waals surface area contributed by atoms with Crippen molar-refractivity contribution in [1.29, 1.82) is 0 Å². The van der Waals surface area contributed by atoms with Crippen LogP contribution in [0.3, 0.4) is 0 Å². The van der Waals surface area contributed by atoms with Crippen LogP contribution in [0.1, 0.15) is 51.0 Å². The third-order valence-corrected chi connectivity index (χ3v) is 7.27. The number of carbonyl (C=O) groups is 3. The monoisotopic (exact) mass is 464 g/mol. The number of hydrogen-bond acceptors (Lipinski definition) is 6. The van der Waals surface area contributed by atoms with Crippen LogP contribution in [0.5, 0.6) is 11.5 Å². The first-order valence-corrected chi connectivity index (χ1v) is 11.9. The van der Waals surface area contributed by atoms with Crippen molar-refractivity contribution in [2.45, 2.75) is 57.5 Å². The van der Waals surface area contributed by atoms with E-state index in [1.807, 2.05) is 18.2 Å². The Balaban J connectivity index is 0.000000388. The Morgan fingerprint density at radius 1 is 1.03 bits per heavy atom. The van der Waals surface area contributed by atoms with Crippen LogP contribution in [0.4, 0.5) is 0 Å². The zero-order valence-corrected chi connectivity index (χ0v) is 20.1. The highest BCUT2D eigenvalue weighted by molar-refractivity contribution is 6.18. The molecule has 0 bridgehead atoms. The third-order valence-electron chi connectivity index (χ3n) is 7.27. The highest BCUT2D eigenvalue weighted by Gasteiger charge is 2.52. The zero-order valence-electron chi connectivity index (χ0n) is 20.1. The predicted octanol–water partition coefficient (Wildman–Crippen LogP) is 4.95. The van der Waals surface area contributed by atoms with Crippen molar-refractivity contribution in [3.05, 3.63) is 48.0 Å². The summed E-state index contributed by atoms with van der Waals surface area (Å²) >= 11 is 0. The van der Waals surface area contributed by atoms with E-state index >= 15 is 0 Å². The molecule has 34 heavy (non-hydrogen) atoms. The molecule has 0 spiro atoms. The number of aryl methyl sites for hydroxylation is 1. The minimum absolute atomic E-state index is 0.117. The standard InChI is InChI=1S/C22H28O6.C6H4/c1-14(23)20-18(24)13-22(28-21(20)25,16-6-4-5-7-16)11-10-15-8-9-17(26-2)12-19(15)27-3;1-2-5-4-6(5)3-1/h8-9,12,16,20H,4-7,10-11,13H2,1-3H3;1-4H. The second-order valence-corrected chi connectivity index (χ2v) is 9.41. The molecule has 1 saturated heterocycles. The molecule has 180 valence electrons. The fraction of sp³-hybridized carbons (Fsp3) is 0.464. The third kappa shape index (κ3) is 5.01. The predicted molar refractivity (Wildman–Crippen MR) is 128 cm³/mol. The molecule has 5 rings (SSSR count). The Hall–Kier alpha value is -3.15. The van der Waals surface area contributed by atoms with E-state index in [4.69, 9.17) is 14.2 Å². The van der Waals surface area contributed by atoms with Gasteiger partial charge in [0.2, 0.25) is 0 Å². The number of esters is 1. The Labute approximate surface area is 200 Å². The molecular weight excluding hydrogens is 432 g/mol. The fourth-order valence-corrected chi connectivity index (χ4v) is 5.32. The smallest absolute Gasteiger partial charge is 0.324 e. The lowest BCUT2D eigenvalue weighted by molar-refractivity contribution is -0.186. The number of Topliss-reactive ketones (excluding diaryl/α,β-unsaturated/α-hetero) is 2. The van der Waals surface area contributed by atoms with Gasteiger partial charge in [0.25, 0.3) is 0 Å². The summed E-state index contributed by atoms with van der Waals surface area (Å²) in [6.07, 6.45) is 5.26. The van der Waals surface area contributed by atoms with Crippen molar-refractivity contribution < 1.29 is 28.6 Å². The van der Waals surface area contributed by atoms with E-state index in [1.54, 1.807) is 14.2 Å². The molecule has 2 unspecified atom stereocenters. The minimum Gasteiger partial charge on any atom is -0.497 e. The van der Waals surface area contributed by atoms with Crippen LogP contribution in [-0.4, -0.2) is 37.4 Å². The van der Waals surface area contributed by atoms with Crippen LogP contribution in [0.15, 0.2) is 42.5 Å². The highest BCUT2D eigenvalue weighted by atomic mass is 16.6. The van der Waals surface area contributed by atoms with E-state index in [9.17, 15) is 14.4 Å². The highest BCUT2D eigenvalue weighted by Crippen LogP contribution is 2.45. The van der Waals surface area contributed by atoms with Gasteiger partial charge in [0.15, 0.2) is 17.5 Å². The van der Waals surface area contributed by atoms with Crippen molar-refractivity contribution in [2.24, 2.45) is 11.8 Å². The summed E-state index contributed by atoms with van der Waals surface area (Å²) in [4.78, 5) is 36.9. The van der Waals surface area contributed by atoms with E-state index in [0.29, 0.717) is 24.3 Å². The lowest BCUT2D eigenvalue weighted by atomic mass is 9.73. The van der Waals surface area contributed by atoms with Gasteiger partial charge in [-0.3, -0.25) is 14.4 Å². The normalized spacial score (nSPS) is 23.0. The first kappa shape index (κ1) is 24.0. The minimum atomic E-state index is -1.26. The lowest BCUT2D eigenvalue weighted by Crippen LogP contribution is -2.53. The van der Waals surface area contributed by atoms with Gasteiger partial charge in [-0.25, -0.2) is 0 Å². The summed E-state index contributed by atoms with van der Waals surface area (Å²) < 4.78 is 16.6. The Kier molecular flexibility index (Phi) is 7.05. The van der Waals surface area contributed by atoms with E-state index in [0.717, 1.165) is 31.2 Å². The van der Waals surface area contributed by atoms with Gasteiger partial charge in [0.1, 0.15) is 17.1 Å². The van der Waals surface area contributed by atoms with E-state index < -0.39 is 23.3 Å². The van der Waals surface area contributed by atoms with Gasteiger partial charge in [-0.2, -0.15) is 0 Å². The van der Waals surface area contributed by atoms with E-state index in [1.165, 1.54) is 18.1 Å². The number of ether oxygens (including phenoxy) is 3. The first-order valence-electron chi connectivity index (χ1n) is 11.9. The molecule has 4 aliphatic rings. The molecule has 1 aromatic carbocycles. The SMILES string of the molecule is COc1ccc(CCC2(C3CCCC3)CC(=O)C(C(C)=O)C(=O)O2)c(OC)c1.c1cc2cc-2c1. The van der Waals surface area contributed by atoms with Gasteiger partial charge in [-0.1, -0.05) is 37.1 Å². The second-order valence-electron chi connectivity index (χ2n) is 9.41. The maximum atomic E-state index is 12.7. The number of rotatable bonds is 7. The quantitative estimate of drug-likeness (QED) is 0.364. The summed E-state index contributed by atoms with van der Waals surface area (Å²) in [6.45, 7) is 1.27. The van der Waals surface area contributed by atoms with Crippen LogP contribution >= 0.6 is 0 Å². The van der Waals surface area contributed by atoms with Crippen LogP contribution in [0.2, 0.25) is 0 Å². The van der Waals surface area contributed by atoms with Gasteiger partial charge in [0, 0.05) is 12.5 Å². The number of benzene rings is 2. The molecular formula is C28H32O6. The summed E-state index contributed by atoms with van der Waals surface area (Å²) in [5.74, 6) is -1.13. The number of cyclic esters (lactones) is 1. The Bertz CT molecular complexity index is 1050. The average molecular weight is 465 g/mol. The summed E-state index contributed by atoms with van der Waals surface area (Å²) in [7, 11) is 3.20. The molecule has 0 N–H and O–H groups in total. The van der Waals surface area contributed by atoms with Crippen LogP contribution in [0, 0.1) is 11.8 Å². The summed E-state index contributed by atoms with van der Waals surface area (Å²) in [5.41, 5.74) is 2.99. The molecule has 1 saturated carbocycles. The molecule has 6 nitrogen and oxygen atoms in total. The number of methoxy groups -OCH3 is 2. The maximum Gasteiger partial charge on any atom is 0.324 e. The number of fused-ring (bicyclic) bond motifs is 1. The zero-order chi connectivity index (χ0) is 24.3. The molecule has 6 heteroatoms. The van der Waals surface area contributed by atoms with Crippen molar-refractivity contribution in [3.63, 3.8) is 0 Å². The summed E-state index contributed by atoms with van der Waals surface area (Å²) in [6, 6.07) is 14.1. The maximum absolute atomic E-state index is 12.7. The van der Waals surface area contributed by atoms with Gasteiger partial charge < -0.3 is 14.2 Å². The van der Waals surface area contributed by atoms with Crippen molar-refractivity contribution in [3.8, 4) is 22.6 Å². The number of ketones is 2. The van der Waals surface area contributed by atoms with Crippen LogP contribution in [0.25, 0.3) is 11.1 Å². The van der Waals surface area contributed by atoms with Crippen molar-refractivity contribution >= 4 is 17.5 Å². The molecule has 1 aromatic rings. The van der Waals surface area contributed by atoms with Crippen molar-refractivity contribution in [2.75, 3.05) is 14.2 Å². The Morgan fingerprint density at radius 3 is 2.24 bits per heavy atom. The van der Waals surface area contributed by atoms with Gasteiger partial charge in [-0.15, -0.1) is 0 Å². The van der Waals surface area contributed by atoms with E-state index in [2.05, 4.69) is 24.3 Å². The average Bonchev–Trinajstić information content (AvgIpc) is 3.20. The molecule has 0 amide bonds. The Morgan fingerprint density at radius 2 is 1.74 bits per heavy atom. The molecule has 2 fully saturated rings. The van der Waals surface area contributed by atoms with Gasteiger partial charge >= 0.3 is 5.97 Å². The first-order chi connectivity index (χ1) is 16.4. The lowest BCUT2D eigenvalue weighted by Gasteiger charge is -2.42. The molecule has 3 aliphatic carbocycles. The number of carbonyl (C=O) groups excluding carboxylic acids is 3. The van der Waals surface area contributed by atoms with E-state index in [-0.39, 0.29) is 18.1 Å². The molecule has 1 heterocycles. The van der Waals surface area contributed by atoms with Crippen LogP contribution in [-0.2, 0) is 25.5 Å². The van der Waals surface area contributed by atoms with Gasteiger partial charge in [0.05, 0.1) is 14.2 Å². The van der Waals surface area contributed by atoms with Crippen LogP contribution < -0.4 is 9.47 Å². The summed E-state index contributed by atoms with van der Waals surface area (Å²) in [5, 5.41) is 0. The number of hydrogen-bond donors (Lipinski definition) is 0. The van der Waals surface area contributed by atoms with Gasteiger partial charge in [-0.05, 0) is 67.3 Å². The largest absolute Gasteiger partial charge is 0.497 e. The second kappa shape index (κ2) is 10.00. The topological polar surface area (TPSA) is 78.9 Å². The fourth-order valence-electron chi connectivity index (χ4n) is 5.32. The molecule has 0 radical (unpaired) electrons.